The highest BCUT2D eigenvalue weighted by Crippen LogP contribution is 2.58. The first-order chi connectivity index (χ1) is 35.5. The summed E-state index contributed by atoms with van der Waals surface area (Å²) < 4.78 is 381. The van der Waals surface area contributed by atoms with E-state index in [1.54, 1.807) is 0 Å². The fourth-order valence-electron chi connectivity index (χ4n) is 7.93. The number of nitriles is 3. The van der Waals surface area contributed by atoms with Crippen molar-refractivity contribution in [2.75, 3.05) is 0 Å². The van der Waals surface area contributed by atoms with Crippen LogP contribution in [0.15, 0.2) is 16.7 Å². The molecule has 1 fully saturated rings. The molecule has 0 N–H and O–H groups in total. The molecule has 0 heterocycles. The fraction of sp³-hybridized carbons (Fsp3) is 0.0625. The van der Waals surface area contributed by atoms with Gasteiger partial charge >= 0.3 is 0 Å². The lowest BCUT2D eigenvalue weighted by Gasteiger charge is -2.15. The van der Waals surface area contributed by atoms with Crippen LogP contribution in [0.1, 0.15) is 34.7 Å². The largest absolute Gasteiger partial charge is 0.203 e. The lowest BCUT2D eigenvalue weighted by Crippen LogP contribution is -2.11. The SMILES string of the molecule is CCc1c(F)c(F)c(-c2c(F)c(F)c(/C(C#N)=C3/C(=C(/C#N)c4c(F)c(F)c(-c5c(C)c(F)c(F)c(F)c5F)c(F)c4F)/C3=C(/C#N)c3c(F)c(F)c(-c4c(F)c(F)c(F)c(F)c4F)c(F)c3F)c(F)c2F)c(F)c1F. The maximum atomic E-state index is 16.2. The number of hydrogen-bond acceptors (Lipinski definition) is 3. The van der Waals surface area contributed by atoms with Gasteiger partial charge in [0.1, 0.15) is 18.2 Å². The third-order valence-corrected chi connectivity index (χ3v) is 11.5. The Bertz CT molecular complexity index is 3610. The number of benzene rings is 6. The number of allylic oxidation sites excluding steroid dienone is 6. The minimum Gasteiger partial charge on any atom is -0.203 e. The Morgan fingerprint density at radius 1 is 0.263 bits per heavy atom. The quantitative estimate of drug-likeness (QED) is 0.0692. The van der Waals surface area contributed by atoms with Crippen LogP contribution in [0.5, 0.6) is 0 Å². The van der Waals surface area contributed by atoms with Gasteiger partial charge in [0, 0.05) is 27.8 Å². The molecule has 0 saturated heterocycles. The lowest BCUT2D eigenvalue weighted by atomic mass is 9.93. The van der Waals surface area contributed by atoms with Crippen molar-refractivity contribution >= 4 is 16.7 Å². The molecule has 28 heteroatoms. The second kappa shape index (κ2) is 19.2. The van der Waals surface area contributed by atoms with Gasteiger partial charge < -0.3 is 0 Å². The molecule has 0 spiro atoms. The average molecular weight is 1100 g/mol. The van der Waals surface area contributed by atoms with E-state index in [1.807, 2.05) is 0 Å². The molecule has 1 aliphatic carbocycles. The van der Waals surface area contributed by atoms with Crippen molar-refractivity contribution in [1.82, 2.24) is 0 Å². The van der Waals surface area contributed by atoms with Gasteiger partial charge in [0.2, 0.25) is 5.82 Å². The monoisotopic (exact) mass is 1100 g/mol. The predicted molar refractivity (Wildman–Crippen MR) is 206 cm³/mol. The van der Waals surface area contributed by atoms with Crippen molar-refractivity contribution in [2.45, 2.75) is 20.3 Å². The molecule has 6 aromatic carbocycles. The second-order valence-electron chi connectivity index (χ2n) is 15.3. The number of hydrogen-bond donors (Lipinski definition) is 0. The Balaban J connectivity index is 1.67. The van der Waals surface area contributed by atoms with E-state index in [0.717, 1.165) is 6.92 Å². The van der Waals surface area contributed by atoms with Crippen LogP contribution in [0, 0.1) is 186 Å². The molecular formula is C48H8F25N3. The van der Waals surface area contributed by atoms with Crippen LogP contribution >= 0.6 is 0 Å². The molecule has 7 rings (SSSR count). The van der Waals surface area contributed by atoms with Crippen molar-refractivity contribution in [3.63, 3.8) is 0 Å². The van der Waals surface area contributed by atoms with Gasteiger partial charge in [-0.15, -0.1) is 0 Å². The predicted octanol–water partition coefficient (Wildman–Crippen LogP) is 15.3. The van der Waals surface area contributed by atoms with E-state index in [4.69, 9.17) is 0 Å². The second-order valence-corrected chi connectivity index (χ2v) is 15.3. The van der Waals surface area contributed by atoms with Crippen LogP contribution in [0.25, 0.3) is 50.1 Å². The number of rotatable bonds is 7. The molecule has 0 amide bonds. The molecular weight excluding hydrogens is 1090 g/mol. The first-order valence-electron chi connectivity index (χ1n) is 19.7. The molecule has 1 saturated carbocycles. The summed E-state index contributed by atoms with van der Waals surface area (Å²) in [7, 11) is 0. The van der Waals surface area contributed by atoms with Crippen molar-refractivity contribution in [2.24, 2.45) is 0 Å². The third kappa shape index (κ3) is 7.52. The van der Waals surface area contributed by atoms with Crippen LogP contribution < -0.4 is 0 Å². The molecule has 76 heavy (non-hydrogen) atoms. The van der Waals surface area contributed by atoms with E-state index in [0.29, 0.717) is 18.2 Å². The Hall–Kier alpha value is -8.74. The molecule has 6 aromatic rings. The topological polar surface area (TPSA) is 71.4 Å². The average Bonchev–Trinajstić information content (AvgIpc) is 4.12. The number of halogens is 25. The molecule has 0 aromatic heterocycles. The molecule has 390 valence electrons. The van der Waals surface area contributed by atoms with Gasteiger partial charge in [0.05, 0.1) is 61.2 Å². The maximum absolute atomic E-state index is 16.2. The van der Waals surface area contributed by atoms with Gasteiger partial charge in [-0.05, 0) is 18.9 Å². The molecule has 1 aliphatic rings. The van der Waals surface area contributed by atoms with Crippen molar-refractivity contribution in [1.29, 1.82) is 15.8 Å². The summed E-state index contributed by atoms with van der Waals surface area (Å²) in [5.74, 6) is -74.1. The van der Waals surface area contributed by atoms with Crippen LogP contribution in [0.2, 0.25) is 0 Å². The third-order valence-electron chi connectivity index (χ3n) is 11.5. The molecule has 0 bridgehead atoms. The maximum Gasteiger partial charge on any atom is 0.200 e. The van der Waals surface area contributed by atoms with Gasteiger partial charge in [-0.2, -0.15) is 15.8 Å². The van der Waals surface area contributed by atoms with Crippen LogP contribution in [-0.2, 0) is 6.42 Å². The molecule has 0 aliphatic heterocycles. The number of nitrogens with zero attached hydrogens (tertiary/aromatic N) is 3. The van der Waals surface area contributed by atoms with Crippen LogP contribution in [0.4, 0.5) is 110 Å². The van der Waals surface area contributed by atoms with Gasteiger partial charge in [-0.25, -0.2) is 110 Å². The first kappa shape index (κ1) is 55.0. The summed E-state index contributed by atoms with van der Waals surface area (Å²) in [4.78, 5) is 0. The Kier molecular flexibility index (Phi) is 13.9. The van der Waals surface area contributed by atoms with E-state index in [9.17, 15) is 64.1 Å². The van der Waals surface area contributed by atoms with Gasteiger partial charge in [0.15, 0.2) is 140 Å². The molecule has 0 atom stereocenters. The lowest BCUT2D eigenvalue weighted by molar-refractivity contribution is 0.379. The summed E-state index contributed by atoms with van der Waals surface area (Å²) in [6, 6.07) is 2.04. The van der Waals surface area contributed by atoms with Crippen LogP contribution in [0.3, 0.4) is 0 Å². The zero-order valence-electron chi connectivity index (χ0n) is 36.0. The Morgan fingerprint density at radius 2 is 0.447 bits per heavy atom. The zero-order valence-corrected chi connectivity index (χ0v) is 36.0. The highest BCUT2D eigenvalue weighted by molar-refractivity contribution is 6.12. The van der Waals surface area contributed by atoms with E-state index in [2.05, 4.69) is 0 Å². The summed E-state index contributed by atoms with van der Waals surface area (Å²) >= 11 is 0. The minimum atomic E-state index is -3.24. The molecule has 3 nitrogen and oxygen atoms in total. The minimum absolute atomic E-state index is 0.258. The normalized spacial score (nSPS) is 14.2. The smallest absolute Gasteiger partial charge is 0.200 e. The summed E-state index contributed by atoms with van der Waals surface area (Å²) in [5, 5.41) is 30.7. The fourth-order valence-corrected chi connectivity index (χ4v) is 7.93. The highest BCUT2D eigenvalue weighted by Gasteiger charge is 2.48. The van der Waals surface area contributed by atoms with Crippen LogP contribution in [-0.4, -0.2) is 0 Å². The van der Waals surface area contributed by atoms with E-state index < -0.39 is 246 Å². The molecule has 0 radical (unpaired) electrons. The molecule has 0 unspecified atom stereocenters. The van der Waals surface area contributed by atoms with Gasteiger partial charge in [-0.3, -0.25) is 0 Å². The van der Waals surface area contributed by atoms with E-state index in [1.165, 1.54) is 0 Å². The summed E-state index contributed by atoms with van der Waals surface area (Å²) in [6.07, 6.45) is -0.884. The van der Waals surface area contributed by atoms with Crippen molar-refractivity contribution in [3.8, 4) is 51.6 Å². The first-order valence-corrected chi connectivity index (χ1v) is 19.7. The van der Waals surface area contributed by atoms with Gasteiger partial charge in [-0.1, -0.05) is 6.92 Å². The van der Waals surface area contributed by atoms with Crippen molar-refractivity contribution in [3.05, 3.63) is 190 Å². The van der Waals surface area contributed by atoms with Gasteiger partial charge in [0.25, 0.3) is 0 Å². The van der Waals surface area contributed by atoms with E-state index in [-0.39, 0.29) is 6.92 Å². The van der Waals surface area contributed by atoms with E-state index >= 15 is 61.5 Å². The van der Waals surface area contributed by atoms with Crippen molar-refractivity contribution < 1.29 is 110 Å². The summed E-state index contributed by atoms with van der Waals surface area (Å²) in [5.41, 5.74) is -39.3. The highest BCUT2D eigenvalue weighted by atomic mass is 19.2. The summed E-state index contributed by atoms with van der Waals surface area (Å²) in [6.45, 7) is 1.15. The Morgan fingerprint density at radius 3 is 0.684 bits per heavy atom. The Labute approximate surface area is 403 Å². The standard InChI is InChI=1S/C48H8F25N3/c1-3-8-25(50)34(59)20(35(60)26(8)51)21-38(63)30(55)17(31(56)39(21)64)10(5-75)14-13(9(4-74)16-28(53)36(61)19(37(62)29(16)54)12-7(2)24(49)44(69)45(70)27(12)52)15(14)11(6-76)18-32(57)40(65)22(41(66)33(18)58)23-42(67)46(71)48(73)47(72)43(23)68/h3H2,1-2H3/b13-9+,14-10-,15-11+. The zero-order chi connectivity index (χ0) is 57.1.